The lowest BCUT2D eigenvalue weighted by Crippen LogP contribution is -2.26. The molecule has 120 valence electrons. The topological polar surface area (TPSA) is 34.1 Å². The second-order valence-corrected chi connectivity index (χ2v) is 9.19. The van der Waals surface area contributed by atoms with Crippen LogP contribution < -0.4 is 0 Å². The average molecular weight is 326 g/mol. The highest BCUT2D eigenvalue weighted by molar-refractivity contribution is 7.95. The summed E-state index contributed by atoms with van der Waals surface area (Å²) in [7, 11) is -3.48. The Hall–Kier alpha value is -1.79. The fraction of sp³-hybridized carbons (Fsp3) is 0.400. The van der Waals surface area contributed by atoms with Gasteiger partial charge < -0.3 is 0 Å². The van der Waals surface area contributed by atoms with Crippen molar-refractivity contribution in [1.82, 2.24) is 0 Å². The zero-order valence-electron chi connectivity index (χ0n) is 13.8. The van der Waals surface area contributed by atoms with Gasteiger partial charge in [-0.15, -0.1) is 0 Å². The molecule has 2 bridgehead atoms. The maximum absolute atomic E-state index is 13.2. The van der Waals surface area contributed by atoms with Crippen molar-refractivity contribution in [1.29, 1.82) is 0 Å². The van der Waals surface area contributed by atoms with Crippen molar-refractivity contribution in [3.8, 4) is 11.8 Å². The van der Waals surface area contributed by atoms with E-state index in [1.54, 1.807) is 24.3 Å². The van der Waals surface area contributed by atoms with Gasteiger partial charge in [-0.05, 0) is 45.7 Å². The van der Waals surface area contributed by atoms with E-state index in [2.05, 4.69) is 17.9 Å². The summed E-state index contributed by atoms with van der Waals surface area (Å²) in [6.07, 6.45) is 6.06. The predicted octanol–water partition coefficient (Wildman–Crippen LogP) is 4.36. The van der Waals surface area contributed by atoms with Gasteiger partial charge in [0, 0.05) is 22.8 Å². The van der Waals surface area contributed by atoms with Crippen molar-refractivity contribution in [3.05, 3.63) is 53.0 Å². The van der Waals surface area contributed by atoms with Gasteiger partial charge in [-0.2, -0.15) is 0 Å². The van der Waals surface area contributed by atoms with Gasteiger partial charge in [0.2, 0.25) is 9.84 Å². The molecular weight excluding hydrogens is 304 g/mol. The molecule has 0 saturated carbocycles. The lowest BCUT2D eigenvalue weighted by molar-refractivity contribution is 0.498. The Balaban J connectivity index is 2.17. The Labute approximate surface area is 139 Å². The third-order valence-electron chi connectivity index (χ3n) is 4.25. The average Bonchev–Trinajstić information content (AvgIpc) is 2.53. The first-order valence-corrected chi connectivity index (χ1v) is 9.53. The van der Waals surface area contributed by atoms with E-state index in [0.717, 1.165) is 18.4 Å². The molecule has 0 spiro atoms. The molecule has 1 aromatic rings. The van der Waals surface area contributed by atoms with Crippen molar-refractivity contribution in [2.45, 2.75) is 38.5 Å². The molecule has 0 aliphatic heterocycles. The third kappa shape index (κ3) is 3.14. The fourth-order valence-electron chi connectivity index (χ4n) is 3.14. The lowest BCUT2D eigenvalue weighted by Gasteiger charge is -2.33. The molecule has 3 aliphatic rings. The van der Waals surface area contributed by atoms with Crippen LogP contribution in [0, 0.1) is 29.1 Å². The summed E-state index contributed by atoms with van der Waals surface area (Å²) >= 11 is 0. The van der Waals surface area contributed by atoms with Gasteiger partial charge in [0.15, 0.2) is 0 Å². The van der Waals surface area contributed by atoms with Crippen LogP contribution >= 0.6 is 0 Å². The largest absolute Gasteiger partial charge is 0.219 e. The monoisotopic (exact) mass is 326 g/mol. The van der Waals surface area contributed by atoms with E-state index in [9.17, 15) is 8.42 Å². The van der Waals surface area contributed by atoms with Crippen LogP contribution in [-0.2, 0) is 9.84 Å². The number of fused-ring (bicyclic) bond motifs is 1. The van der Waals surface area contributed by atoms with Crippen LogP contribution in [0.15, 0.2) is 57.9 Å². The first kappa shape index (κ1) is 16.1. The van der Waals surface area contributed by atoms with Crippen molar-refractivity contribution in [3.63, 3.8) is 0 Å². The molecule has 3 heteroatoms. The second-order valence-electron chi connectivity index (χ2n) is 7.27. The summed E-state index contributed by atoms with van der Waals surface area (Å²) in [5.74, 6) is 6.55. The molecule has 0 heterocycles. The molecule has 2 nitrogen and oxygen atoms in total. The van der Waals surface area contributed by atoms with E-state index in [0.29, 0.717) is 9.80 Å². The fourth-order valence-corrected chi connectivity index (χ4v) is 5.00. The van der Waals surface area contributed by atoms with Gasteiger partial charge in [0.05, 0.1) is 9.80 Å². The van der Waals surface area contributed by atoms with Gasteiger partial charge in [-0.1, -0.05) is 42.2 Å². The smallest absolute Gasteiger partial charge is 0.204 e. The molecule has 0 aromatic heterocycles. The van der Waals surface area contributed by atoms with E-state index < -0.39 is 9.84 Å². The summed E-state index contributed by atoms with van der Waals surface area (Å²) in [5, 5.41) is 0. The Morgan fingerprint density at radius 2 is 1.61 bits per heavy atom. The van der Waals surface area contributed by atoms with Crippen LogP contribution in [0.4, 0.5) is 0 Å². The quantitative estimate of drug-likeness (QED) is 0.598. The molecule has 4 rings (SSSR count). The van der Waals surface area contributed by atoms with Crippen molar-refractivity contribution >= 4 is 9.84 Å². The number of allylic oxidation sites excluding steroid dienone is 4. The molecule has 0 unspecified atom stereocenters. The number of hydrogen-bond acceptors (Lipinski definition) is 2. The number of benzene rings is 1. The van der Waals surface area contributed by atoms with Gasteiger partial charge in [0.1, 0.15) is 0 Å². The number of sulfone groups is 1. The number of rotatable bonds is 2. The summed E-state index contributed by atoms with van der Waals surface area (Å²) in [5.41, 5.74) is 0.664. The molecular formula is C20H22O2S. The van der Waals surface area contributed by atoms with Gasteiger partial charge in [-0.3, -0.25) is 0 Å². The minimum atomic E-state index is -3.48. The first-order chi connectivity index (χ1) is 10.8. The summed E-state index contributed by atoms with van der Waals surface area (Å²) < 4.78 is 26.3. The van der Waals surface area contributed by atoms with Gasteiger partial charge in [0.25, 0.3) is 0 Å². The van der Waals surface area contributed by atoms with Crippen LogP contribution in [0.1, 0.15) is 33.6 Å². The molecule has 0 amide bonds. The SMILES string of the molecule is CC(C)(C)C#CC1=C(S(=O)(=O)c2ccccc2)[C@@H]2C=C[C@H]1CC2. The molecule has 1 aromatic carbocycles. The molecule has 3 aliphatic carbocycles. The minimum Gasteiger partial charge on any atom is -0.219 e. The van der Waals surface area contributed by atoms with Gasteiger partial charge in [-0.25, -0.2) is 8.42 Å². The second kappa shape index (κ2) is 5.69. The molecule has 2 atom stereocenters. The highest BCUT2D eigenvalue weighted by atomic mass is 32.2. The number of hydrogen-bond donors (Lipinski definition) is 0. The van der Waals surface area contributed by atoms with E-state index in [1.165, 1.54) is 0 Å². The normalized spacial score (nSPS) is 23.6. The maximum Gasteiger partial charge on any atom is 0.204 e. The lowest BCUT2D eigenvalue weighted by atomic mass is 9.76. The maximum atomic E-state index is 13.2. The summed E-state index contributed by atoms with van der Waals surface area (Å²) in [6.45, 7) is 6.13. The van der Waals surface area contributed by atoms with Crippen LogP contribution in [0.5, 0.6) is 0 Å². The van der Waals surface area contributed by atoms with Crippen molar-refractivity contribution < 1.29 is 8.42 Å². The zero-order chi connectivity index (χ0) is 16.7. The highest BCUT2D eigenvalue weighted by Gasteiger charge is 2.38. The molecule has 0 radical (unpaired) electrons. The molecule has 0 fully saturated rings. The summed E-state index contributed by atoms with van der Waals surface area (Å²) in [4.78, 5) is 0.894. The van der Waals surface area contributed by atoms with Crippen LogP contribution in [0.3, 0.4) is 0 Å². The van der Waals surface area contributed by atoms with Crippen LogP contribution in [0.2, 0.25) is 0 Å². The Kier molecular flexibility index (Phi) is 3.98. The highest BCUT2D eigenvalue weighted by Crippen LogP contribution is 2.44. The van der Waals surface area contributed by atoms with Gasteiger partial charge >= 0.3 is 0 Å². The Morgan fingerprint density at radius 3 is 2.17 bits per heavy atom. The predicted molar refractivity (Wildman–Crippen MR) is 93.2 cm³/mol. The van der Waals surface area contributed by atoms with E-state index in [1.807, 2.05) is 32.9 Å². The van der Waals surface area contributed by atoms with E-state index in [-0.39, 0.29) is 17.3 Å². The molecule has 0 saturated heterocycles. The molecule has 23 heavy (non-hydrogen) atoms. The van der Waals surface area contributed by atoms with E-state index in [4.69, 9.17) is 0 Å². The minimum absolute atomic E-state index is 0.0329. The van der Waals surface area contributed by atoms with Crippen molar-refractivity contribution in [2.24, 2.45) is 17.3 Å². The Morgan fingerprint density at radius 1 is 1.00 bits per heavy atom. The first-order valence-electron chi connectivity index (χ1n) is 8.05. The van der Waals surface area contributed by atoms with Crippen molar-refractivity contribution in [2.75, 3.05) is 0 Å². The summed E-state index contributed by atoms with van der Waals surface area (Å²) in [6, 6.07) is 8.71. The Bertz CT molecular complexity index is 825. The third-order valence-corrected chi connectivity index (χ3v) is 6.25. The van der Waals surface area contributed by atoms with Crippen LogP contribution in [0.25, 0.3) is 0 Å². The zero-order valence-corrected chi connectivity index (χ0v) is 14.7. The van der Waals surface area contributed by atoms with Crippen LogP contribution in [-0.4, -0.2) is 8.42 Å². The standard InChI is InChI=1S/C20H22O2S/c1-20(2,3)14-13-18-15-9-11-16(12-10-15)19(18)23(21,22)17-7-5-4-6-8-17/h4-9,11,15-16H,10,12H2,1-3H3/t15-,16+/m0/s1. The van der Waals surface area contributed by atoms with E-state index >= 15 is 0 Å². The molecule has 0 N–H and O–H groups in total.